The van der Waals surface area contributed by atoms with Crippen molar-refractivity contribution in [3.8, 4) is 0 Å². The number of rotatable bonds is 5. The van der Waals surface area contributed by atoms with Crippen LogP contribution in [-0.4, -0.2) is 18.3 Å². The van der Waals surface area contributed by atoms with Crippen LogP contribution in [0.2, 0.25) is 0 Å². The molecule has 2 heteroatoms. The molecule has 1 unspecified atom stereocenters. The fourth-order valence-corrected chi connectivity index (χ4v) is 3.34. The van der Waals surface area contributed by atoms with Gasteiger partial charge in [0.15, 0.2) is 0 Å². The van der Waals surface area contributed by atoms with Crippen molar-refractivity contribution in [2.45, 2.75) is 38.0 Å². The highest BCUT2D eigenvalue weighted by atomic mass is 16.3. The molecular formula is C16H25NO. The molecule has 100 valence electrons. The summed E-state index contributed by atoms with van der Waals surface area (Å²) in [6, 6.07) is 10.7. The molecule has 1 aliphatic rings. The van der Waals surface area contributed by atoms with Gasteiger partial charge in [-0.15, -0.1) is 0 Å². The lowest BCUT2D eigenvalue weighted by Gasteiger charge is -2.33. The van der Waals surface area contributed by atoms with Crippen LogP contribution in [0.3, 0.4) is 0 Å². The van der Waals surface area contributed by atoms with Gasteiger partial charge in [-0.25, -0.2) is 0 Å². The summed E-state index contributed by atoms with van der Waals surface area (Å²) in [5.74, 6) is 1.98. The van der Waals surface area contributed by atoms with Crippen LogP contribution < -0.4 is 5.73 Å². The Morgan fingerprint density at radius 2 is 1.78 bits per heavy atom. The average Bonchev–Trinajstić information content (AvgIpc) is 2.46. The van der Waals surface area contributed by atoms with Gasteiger partial charge in [-0.2, -0.15) is 0 Å². The number of aliphatic hydroxyl groups is 1. The summed E-state index contributed by atoms with van der Waals surface area (Å²) in [5.41, 5.74) is 7.15. The SMILES string of the molecule is NCC1CCC(C(CCO)c2ccccc2)CC1. The quantitative estimate of drug-likeness (QED) is 0.840. The Kier molecular flexibility index (Phi) is 5.21. The van der Waals surface area contributed by atoms with Gasteiger partial charge < -0.3 is 10.8 Å². The van der Waals surface area contributed by atoms with Crippen molar-refractivity contribution in [1.29, 1.82) is 0 Å². The maximum absolute atomic E-state index is 9.31. The van der Waals surface area contributed by atoms with E-state index in [1.54, 1.807) is 0 Å². The highest BCUT2D eigenvalue weighted by molar-refractivity contribution is 5.20. The molecule has 1 fully saturated rings. The largest absolute Gasteiger partial charge is 0.396 e. The number of hydrogen-bond donors (Lipinski definition) is 2. The molecule has 0 spiro atoms. The Morgan fingerprint density at radius 1 is 1.11 bits per heavy atom. The second-order valence-corrected chi connectivity index (χ2v) is 5.55. The lowest BCUT2D eigenvalue weighted by molar-refractivity contribution is 0.206. The van der Waals surface area contributed by atoms with Gasteiger partial charge in [0.1, 0.15) is 0 Å². The summed E-state index contributed by atoms with van der Waals surface area (Å²) in [6.45, 7) is 1.12. The monoisotopic (exact) mass is 247 g/mol. The van der Waals surface area contributed by atoms with Crippen molar-refractivity contribution in [1.82, 2.24) is 0 Å². The van der Waals surface area contributed by atoms with E-state index in [1.165, 1.54) is 31.2 Å². The Morgan fingerprint density at radius 3 is 2.33 bits per heavy atom. The van der Waals surface area contributed by atoms with E-state index in [-0.39, 0.29) is 6.61 Å². The Labute approximate surface area is 110 Å². The van der Waals surface area contributed by atoms with Gasteiger partial charge in [0.2, 0.25) is 0 Å². The van der Waals surface area contributed by atoms with E-state index < -0.39 is 0 Å². The first-order valence-electron chi connectivity index (χ1n) is 7.21. The number of aliphatic hydroxyl groups excluding tert-OH is 1. The maximum atomic E-state index is 9.31. The maximum Gasteiger partial charge on any atom is 0.0436 e. The molecule has 1 aliphatic carbocycles. The molecule has 2 nitrogen and oxygen atoms in total. The van der Waals surface area contributed by atoms with Gasteiger partial charge in [0.05, 0.1) is 0 Å². The van der Waals surface area contributed by atoms with Gasteiger partial charge in [-0.1, -0.05) is 30.3 Å². The number of nitrogens with two attached hydrogens (primary N) is 1. The molecule has 2 rings (SSSR count). The average molecular weight is 247 g/mol. The van der Waals surface area contributed by atoms with E-state index in [9.17, 15) is 5.11 Å². The zero-order valence-electron chi connectivity index (χ0n) is 11.1. The topological polar surface area (TPSA) is 46.2 Å². The zero-order chi connectivity index (χ0) is 12.8. The minimum Gasteiger partial charge on any atom is -0.396 e. The van der Waals surface area contributed by atoms with Crippen LogP contribution in [0.4, 0.5) is 0 Å². The fraction of sp³-hybridized carbons (Fsp3) is 0.625. The molecule has 1 saturated carbocycles. The predicted octanol–water partition coefficient (Wildman–Crippen LogP) is 2.92. The Hall–Kier alpha value is -0.860. The van der Waals surface area contributed by atoms with Crippen LogP contribution in [-0.2, 0) is 0 Å². The summed E-state index contributed by atoms with van der Waals surface area (Å²) in [7, 11) is 0. The highest BCUT2D eigenvalue weighted by Crippen LogP contribution is 2.39. The summed E-state index contributed by atoms with van der Waals surface area (Å²) < 4.78 is 0. The summed E-state index contributed by atoms with van der Waals surface area (Å²) in [6.07, 6.45) is 5.94. The minimum atomic E-state index is 0.288. The van der Waals surface area contributed by atoms with E-state index in [2.05, 4.69) is 30.3 Å². The van der Waals surface area contributed by atoms with Crippen LogP contribution in [0.1, 0.15) is 43.6 Å². The minimum absolute atomic E-state index is 0.288. The van der Waals surface area contributed by atoms with Crippen LogP contribution in [0.25, 0.3) is 0 Å². The van der Waals surface area contributed by atoms with Crippen molar-refractivity contribution in [3.05, 3.63) is 35.9 Å². The van der Waals surface area contributed by atoms with Crippen LogP contribution in [0.5, 0.6) is 0 Å². The third kappa shape index (κ3) is 3.33. The third-order valence-corrected chi connectivity index (χ3v) is 4.46. The van der Waals surface area contributed by atoms with Crippen molar-refractivity contribution in [2.75, 3.05) is 13.2 Å². The van der Waals surface area contributed by atoms with E-state index in [0.29, 0.717) is 5.92 Å². The molecule has 0 amide bonds. The van der Waals surface area contributed by atoms with Gasteiger partial charge in [-0.05, 0) is 62.0 Å². The van der Waals surface area contributed by atoms with Gasteiger partial charge >= 0.3 is 0 Å². The molecule has 0 aliphatic heterocycles. The molecule has 1 aromatic rings. The molecule has 0 radical (unpaired) electrons. The summed E-state index contributed by atoms with van der Waals surface area (Å²) >= 11 is 0. The smallest absolute Gasteiger partial charge is 0.0436 e. The molecule has 0 heterocycles. The van der Waals surface area contributed by atoms with Gasteiger partial charge in [0.25, 0.3) is 0 Å². The number of hydrogen-bond acceptors (Lipinski definition) is 2. The number of benzene rings is 1. The Bertz CT molecular complexity index is 330. The van der Waals surface area contributed by atoms with E-state index in [0.717, 1.165) is 24.8 Å². The van der Waals surface area contributed by atoms with Gasteiger partial charge in [-0.3, -0.25) is 0 Å². The second-order valence-electron chi connectivity index (χ2n) is 5.55. The van der Waals surface area contributed by atoms with Crippen molar-refractivity contribution in [2.24, 2.45) is 17.6 Å². The van der Waals surface area contributed by atoms with E-state index in [1.807, 2.05) is 0 Å². The molecule has 1 aromatic carbocycles. The normalized spacial score (nSPS) is 25.9. The fourth-order valence-electron chi connectivity index (χ4n) is 3.34. The molecule has 1 atom stereocenters. The molecule has 0 bridgehead atoms. The van der Waals surface area contributed by atoms with Gasteiger partial charge in [0, 0.05) is 6.61 Å². The van der Waals surface area contributed by atoms with Crippen molar-refractivity contribution in [3.63, 3.8) is 0 Å². The highest BCUT2D eigenvalue weighted by Gasteiger charge is 2.27. The van der Waals surface area contributed by atoms with Crippen molar-refractivity contribution < 1.29 is 5.11 Å². The molecular weight excluding hydrogens is 222 g/mol. The zero-order valence-corrected chi connectivity index (χ0v) is 11.1. The second kappa shape index (κ2) is 6.91. The van der Waals surface area contributed by atoms with Crippen LogP contribution in [0.15, 0.2) is 30.3 Å². The first-order chi connectivity index (χ1) is 8.85. The van der Waals surface area contributed by atoms with E-state index in [4.69, 9.17) is 5.73 Å². The lowest BCUT2D eigenvalue weighted by Crippen LogP contribution is -2.25. The van der Waals surface area contributed by atoms with Crippen LogP contribution >= 0.6 is 0 Å². The molecule has 18 heavy (non-hydrogen) atoms. The standard InChI is InChI=1S/C16H25NO/c17-12-13-6-8-15(9-7-13)16(10-11-18)14-4-2-1-3-5-14/h1-5,13,15-16,18H,6-12,17H2. The molecule has 0 aromatic heterocycles. The molecule has 3 N–H and O–H groups in total. The Balaban J connectivity index is 2.02. The third-order valence-electron chi connectivity index (χ3n) is 4.46. The van der Waals surface area contributed by atoms with Crippen LogP contribution in [0, 0.1) is 11.8 Å². The first-order valence-corrected chi connectivity index (χ1v) is 7.21. The predicted molar refractivity (Wildman–Crippen MR) is 75.4 cm³/mol. The first kappa shape index (κ1) is 13.6. The van der Waals surface area contributed by atoms with Crippen molar-refractivity contribution >= 4 is 0 Å². The summed E-state index contributed by atoms with van der Waals surface area (Å²) in [4.78, 5) is 0. The van der Waals surface area contributed by atoms with E-state index >= 15 is 0 Å². The molecule has 0 saturated heterocycles. The lowest BCUT2D eigenvalue weighted by atomic mass is 9.72. The summed E-state index contributed by atoms with van der Waals surface area (Å²) in [5, 5.41) is 9.31.